The smallest absolute Gasteiger partial charge is 0.295 e. The minimum Gasteiger partial charge on any atom is -0.295 e. The molecule has 0 amide bonds. The molecule has 12 heteroatoms. The minimum atomic E-state index is -5.68. The van der Waals surface area contributed by atoms with Gasteiger partial charge < -0.3 is 0 Å². The van der Waals surface area contributed by atoms with Gasteiger partial charge in [0.15, 0.2) is 0 Å². The summed E-state index contributed by atoms with van der Waals surface area (Å²) in [5.74, 6) is 0. The van der Waals surface area contributed by atoms with Crippen molar-refractivity contribution in [3.05, 3.63) is 11.1 Å². The van der Waals surface area contributed by atoms with Crippen molar-refractivity contribution in [2.24, 2.45) is 13.5 Å². The molecular formula is C8H11F5N3OP3. The van der Waals surface area contributed by atoms with Crippen molar-refractivity contribution in [1.29, 1.82) is 0 Å². The fourth-order valence-electron chi connectivity index (χ4n) is 2.56. The molecule has 2 atom stereocenters. The molecule has 114 valence electrons. The van der Waals surface area contributed by atoms with Gasteiger partial charge in [0.25, 0.3) is 0 Å². The zero-order chi connectivity index (χ0) is 14.6. The zero-order valence-corrected chi connectivity index (χ0v) is 12.8. The molecular weight excluding hydrogens is 342 g/mol. The summed E-state index contributed by atoms with van der Waals surface area (Å²) in [4.78, 5) is 0. The molecule has 0 bridgehead atoms. The van der Waals surface area contributed by atoms with Crippen molar-refractivity contribution < 1.29 is 25.5 Å². The van der Waals surface area contributed by atoms with Gasteiger partial charge in [-0.15, -0.1) is 30.3 Å². The molecule has 0 saturated carbocycles. The van der Waals surface area contributed by atoms with E-state index in [0.29, 0.717) is 12.8 Å². The molecule has 1 aliphatic heterocycles. The predicted molar refractivity (Wildman–Crippen MR) is 68.6 cm³/mol. The highest BCUT2D eigenvalue weighted by Gasteiger charge is 2.43. The molecule has 3 aliphatic rings. The van der Waals surface area contributed by atoms with E-state index in [9.17, 15) is 21.0 Å². The SMILES string of the molecule is FP1(F)=NP(F)(F)=NP(F)(OC2CCCC3=C2CC3)=N1. The lowest BCUT2D eigenvalue weighted by atomic mass is 9.77. The Morgan fingerprint density at radius 1 is 0.900 bits per heavy atom. The Morgan fingerprint density at radius 3 is 2.20 bits per heavy atom. The standard InChI is InChI=1S/C8H11F5N3OP3/c9-18(10)14-19(11,12)16-20(13,15-18)17-8-3-1-2-6-4-5-7(6)8/h8H,1-5H2. The van der Waals surface area contributed by atoms with E-state index in [-0.39, 0.29) is 0 Å². The van der Waals surface area contributed by atoms with Crippen LogP contribution in [0.2, 0.25) is 0 Å². The Morgan fingerprint density at radius 2 is 1.60 bits per heavy atom. The van der Waals surface area contributed by atoms with E-state index in [1.807, 2.05) is 4.52 Å². The average Bonchev–Trinajstić information content (AvgIpc) is 2.14. The van der Waals surface area contributed by atoms with Crippen LogP contribution in [-0.2, 0) is 4.52 Å². The summed E-state index contributed by atoms with van der Waals surface area (Å²) < 4.78 is 78.6. The number of halogens is 5. The highest BCUT2D eigenvalue weighted by molar-refractivity contribution is 7.77. The molecule has 2 unspecified atom stereocenters. The van der Waals surface area contributed by atoms with Crippen molar-refractivity contribution in [3.63, 3.8) is 0 Å². The maximum absolute atomic E-state index is 14.2. The monoisotopic (exact) mass is 353 g/mol. The van der Waals surface area contributed by atoms with E-state index < -0.39 is 29.5 Å². The van der Waals surface area contributed by atoms with Crippen molar-refractivity contribution in [1.82, 2.24) is 0 Å². The van der Waals surface area contributed by atoms with Gasteiger partial charge in [0.2, 0.25) is 0 Å². The molecule has 0 aromatic rings. The Bertz CT molecular complexity index is 640. The van der Waals surface area contributed by atoms with Crippen LogP contribution in [0.5, 0.6) is 0 Å². The third-order valence-electron chi connectivity index (χ3n) is 3.40. The maximum Gasteiger partial charge on any atom is 0.425 e. The van der Waals surface area contributed by atoms with Crippen LogP contribution < -0.4 is 0 Å². The molecule has 1 heterocycles. The third-order valence-corrected chi connectivity index (χ3v) is 9.13. The van der Waals surface area contributed by atoms with Gasteiger partial charge in [0, 0.05) is 0 Å². The Kier molecular flexibility index (Phi) is 3.57. The summed E-state index contributed by atoms with van der Waals surface area (Å²) in [6.07, 6.45) is 2.87. The normalized spacial score (nSPS) is 38.0. The van der Waals surface area contributed by atoms with Gasteiger partial charge in [-0.3, -0.25) is 4.52 Å². The van der Waals surface area contributed by atoms with Crippen LogP contribution in [0.3, 0.4) is 0 Å². The van der Waals surface area contributed by atoms with Crippen molar-refractivity contribution in [2.75, 3.05) is 0 Å². The van der Waals surface area contributed by atoms with Crippen LogP contribution in [0.25, 0.3) is 0 Å². The van der Waals surface area contributed by atoms with Gasteiger partial charge >= 0.3 is 23.4 Å². The summed E-state index contributed by atoms with van der Waals surface area (Å²) in [7, 11) is -16.3. The first kappa shape index (κ1) is 15.0. The third kappa shape index (κ3) is 2.96. The largest absolute Gasteiger partial charge is 0.425 e. The highest BCUT2D eigenvalue weighted by atomic mass is 31.3. The zero-order valence-electron chi connectivity index (χ0n) is 10.1. The van der Waals surface area contributed by atoms with Gasteiger partial charge in [-0.25, -0.2) is 0 Å². The van der Waals surface area contributed by atoms with Gasteiger partial charge in [0.05, 0.1) is 6.10 Å². The first-order valence-electron chi connectivity index (χ1n) is 5.97. The second-order valence-electron chi connectivity index (χ2n) is 4.77. The predicted octanol–water partition coefficient (Wildman–Crippen LogP) is 7.35. The Hall–Kier alpha value is 0.0400. The lowest BCUT2D eigenvalue weighted by Crippen LogP contribution is -2.25. The van der Waals surface area contributed by atoms with E-state index in [4.69, 9.17) is 4.52 Å². The molecule has 20 heavy (non-hydrogen) atoms. The van der Waals surface area contributed by atoms with E-state index in [1.54, 1.807) is 0 Å². The summed E-state index contributed by atoms with van der Waals surface area (Å²) >= 11 is 0. The summed E-state index contributed by atoms with van der Waals surface area (Å²) in [6, 6.07) is 0. The van der Waals surface area contributed by atoms with Gasteiger partial charge in [-0.05, 0) is 37.7 Å². The molecule has 3 rings (SSSR count). The number of hydrogen-bond donors (Lipinski definition) is 0. The quantitative estimate of drug-likeness (QED) is 0.291. The first-order valence-corrected chi connectivity index (χ1v) is 10.4. The van der Waals surface area contributed by atoms with Crippen molar-refractivity contribution in [3.8, 4) is 0 Å². The van der Waals surface area contributed by atoms with Gasteiger partial charge in [-0.1, -0.05) is 5.57 Å². The average molecular weight is 353 g/mol. The van der Waals surface area contributed by atoms with Crippen LogP contribution in [0.4, 0.5) is 21.0 Å². The summed E-state index contributed by atoms with van der Waals surface area (Å²) in [6.45, 7) is 0. The maximum atomic E-state index is 14.2. The van der Waals surface area contributed by atoms with E-state index in [0.717, 1.165) is 30.4 Å². The van der Waals surface area contributed by atoms with E-state index in [1.165, 1.54) is 0 Å². The Balaban J connectivity index is 1.95. The second-order valence-corrected chi connectivity index (χ2v) is 9.89. The van der Waals surface area contributed by atoms with Crippen LogP contribution in [0.15, 0.2) is 24.7 Å². The lowest BCUT2D eigenvalue weighted by Gasteiger charge is -2.35. The molecule has 0 radical (unpaired) electrons. The van der Waals surface area contributed by atoms with Gasteiger partial charge in [0.1, 0.15) is 0 Å². The van der Waals surface area contributed by atoms with Crippen LogP contribution in [-0.4, -0.2) is 6.10 Å². The van der Waals surface area contributed by atoms with Crippen LogP contribution in [0.1, 0.15) is 32.1 Å². The molecule has 0 fully saturated rings. The fourth-order valence-corrected chi connectivity index (χ4v) is 8.01. The number of allylic oxidation sites excluding steroid dienone is 1. The molecule has 2 aliphatic carbocycles. The van der Waals surface area contributed by atoms with Crippen molar-refractivity contribution >= 4 is 23.4 Å². The number of nitrogens with zero attached hydrogens (tertiary/aromatic N) is 3. The Labute approximate surface area is 112 Å². The molecule has 0 N–H and O–H groups in total. The molecule has 4 nitrogen and oxygen atoms in total. The summed E-state index contributed by atoms with van der Waals surface area (Å²) in [5, 5.41) is 0. The van der Waals surface area contributed by atoms with Crippen LogP contribution >= 0.6 is 23.4 Å². The van der Waals surface area contributed by atoms with E-state index >= 15 is 0 Å². The number of hydrogen-bond acceptors (Lipinski definition) is 4. The minimum absolute atomic E-state index is 0.431. The van der Waals surface area contributed by atoms with Crippen LogP contribution in [0, 0.1) is 0 Å². The summed E-state index contributed by atoms with van der Waals surface area (Å²) in [5.41, 5.74) is 1.97. The molecule has 0 aromatic heterocycles. The topological polar surface area (TPSA) is 46.3 Å². The number of rotatable bonds is 2. The first-order chi connectivity index (χ1) is 9.18. The van der Waals surface area contributed by atoms with E-state index in [2.05, 4.69) is 9.03 Å². The molecule has 0 aromatic carbocycles. The fraction of sp³-hybridized carbons (Fsp3) is 0.750. The second kappa shape index (κ2) is 4.77. The lowest BCUT2D eigenvalue weighted by molar-refractivity contribution is 0.206. The van der Waals surface area contributed by atoms with Crippen molar-refractivity contribution in [2.45, 2.75) is 38.2 Å². The van der Waals surface area contributed by atoms with Gasteiger partial charge in [-0.2, -0.15) is 4.20 Å². The molecule has 0 spiro atoms. The molecule has 0 saturated heterocycles. The highest BCUT2D eigenvalue weighted by Crippen LogP contribution is 2.82.